The molecular weight excluding hydrogens is 398 g/mol. The molecule has 2 heterocycles. The van der Waals surface area contributed by atoms with Gasteiger partial charge in [0.15, 0.2) is 17.3 Å². The number of benzene rings is 2. The third-order valence-corrected chi connectivity index (χ3v) is 4.51. The minimum Gasteiger partial charge on any atom is -0.486 e. The summed E-state index contributed by atoms with van der Waals surface area (Å²) in [5, 5.41) is 11.5. The highest BCUT2D eigenvalue weighted by molar-refractivity contribution is 6.30. The maximum absolute atomic E-state index is 12.4. The third-order valence-electron chi connectivity index (χ3n) is 4.27. The summed E-state index contributed by atoms with van der Waals surface area (Å²) < 4.78 is 16.6. The van der Waals surface area contributed by atoms with Gasteiger partial charge in [0.25, 0.3) is 5.69 Å². The fourth-order valence-electron chi connectivity index (χ4n) is 2.90. The van der Waals surface area contributed by atoms with Gasteiger partial charge in [0.2, 0.25) is 0 Å². The third kappa shape index (κ3) is 4.00. The van der Waals surface area contributed by atoms with E-state index in [1.54, 1.807) is 36.4 Å². The highest BCUT2D eigenvalue weighted by Gasteiger charge is 2.18. The van der Waals surface area contributed by atoms with Crippen LogP contribution in [0.5, 0.6) is 11.5 Å². The molecule has 2 aromatic carbocycles. The first kappa shape index (κ1) is 18.8. The molecule has 0 amide bonds. The van der Waals surface area contributed by atoms with Crippen LogP contribution in [0.15, 0.2) is 59.0 Å². The van der Waals surface area contributed by atoms with Crippen molar-refractivity contribution in [1.82, 2.24) is 0 Å². The Morgan fingerprint density at radius 3 is 2.62 bits per heavy atom. The molecule has 0 aliphatic carbocycles. The number of carbonyl (C=O) groups excluding carboxylic acids is 1. The molecule has 1 aliphatic heterocycles. The Morgan fingerprint density at radius 1 is 1.03 bits per heavy atom. The van der Waals surface area contributed by atoms with Crippen LogP contribution in [0.2, 0.25) is 5.02 Å². The lowest BCUT2D eigenvalue weighted by molar-refractivity contribution is -0.384. The van der Waals surface area contributed by atoms with Crippen molar-refractivity contribution >= 4 is 29.1 Å². The summed E-state index contributed by atoms with van der Waals surface area (Å²) >= 11 is 5.84. The number of furan rings is 1. The molecular formula is C21H14ClNO6. The smallest absolute Gasteiger partial charge is 0.281 e. The molecule has 0 spiro atoms. The van der Waals surface area contributed by atoms with Crippen LogP contribution in [0.4, 0.5) is 5.69 Å². The monoisotopic (exact) mass is 411 g/mol. The minimum absolute atomic E-state index is 0.158. The predicted octanol–water partition coefficient (Wildman–Crippen LogP) is 5.18. The molecule has 4 rings (SSSR count). The van der Waals surface area contributed by atoms with E-state index < -0.39 is 4.92 Å². The van der Waals surface area contributed by atoms with Crippen molar-refractivity contribution in [1.29, 1.82) is 0 Å². The minimum atomic E-state index is -0.523. The van der Waals surface area contributed by atoms with Crippen LogP contribution in [0, 0.1) is 10.1 Å². The fourth-order valence-corrected chi connectivity index (χ4v) is 3.07. The van der Waals surface area contributed by atoms with E-state index in [1.165, 1.54) is 24.3 Å². The summed E-state index contributed by atoms with van der Waals surface area (Å²) in [4.78, 5) is 23.2. The van der Waals surface area contributed by atoms with Gasteiger partial charge in [-0.05, 0) is 54.6 Å². The van der Waals surface area contributed by atoms with E-state index in [2.05, 4.69) is 0 Å². The molecule has 1 aliphatic rings. The topological polar surface area (TPSA) is 91.8 Å². The van der Waals surface area contributed by atoms with Gasteiger partial charge in [0.1, 0.15) is 24.7 Å². The van der Waals surface area contributed by atoms with Gasteiger partial charge in [-0.1, -0.05) is 11.6 Å². The van der Waals surface area contributed by atoms with Crippen LogP contribution >= 0.6 is 11.6 Å². The molecule has 0 saturated heterocycles. The molecule has 0 bridgehead atoms. The van der Waals surface area contributed by atoms with E-state index in [-0.39, 0.29) is 16.5 Å². The number of allylic oxidation sites excluding steroid dienone is 1. The number of fused-ring (bicyclic) bond motifs is 1. The van der Waals surface area contributed by atoms with Gasteiger partial charge >= 0.3 is 0 Å². The SMILES string of the molecule is O=C(/C=C/c1ccc(-c2ccc(Cl)cc2[N+](=O)[O-])o1)c1ccc2c(c1)OCCO2. The Labute approximate surface area is 170 Å². The molecule has 0 atom stereocenters. The van der Waals surface area contributed by atoms with Crippen molar-refractivity contribution in [2.45, 2.75) is 0 Å². The molecule has 0 unspecified atom stereocenters. The van der Waals surface area contributed by atoms with Crippen molar-refractivity contribution in [2.75, 3.05) is 13.2 Å². The predicted molar refractivity (Wildman–Crippen MR) is 107 cm³/mol. The number of ketones is 1. The quantitative estimate of drug-likeness (QED) is 0.249. The van der Waals surface area contributed by atoms with Crippen LogP contribution in [-0.2, 0) is 0 Å². The summed E-state index contributed by atoms with van der Waals surface area (Å²) in [7, 11) is 0. The van der Waals surface area contributed by atoms with Gasteiger partial charge < -0.3 is 13.9 Å². The zero-order valence-corrected chi connectivity index (χ0v) is 15.7. The second-order valence-electron chi connectivity index (χ2n) is 6.18. The van der Waals surface area contributed by atoms with Crippen molar-refractivity contribution in [3.05, 3.63) is 81.1 Å². The number of halogens is 1. The van der Waals surface area contributed by atoms with E-state index in [4.69, 9.17) is 25.5 Å². The first-order valence-corrected chi connectivity index (χ1v) is 9.05. The van der Waals surface area contributed by atoms with Gasteiger partial charge in [-0.25, -0.2) is 0 Å². The van der Waals surface area contributed by atoms with Crippen molar-refractivity contribution < 1.29 is 23.6 Å². The van der Waals surface area contributed by atoms with E-state index in [9.17, 15) is 14.9 Å². The normalized spacial score (nSPS) is 12.9. The number of hydrogen-bond acceptors (Lipinski definition) is 6. The molecule has 1 aromatic heterocycles. The maximum Gasteiger partial charge on any atom is 0.281 e. The van der Waals surface area contributed by atoms with E-state index in [0.717, 1.165) is 0 Å². The van der Waals surface area contributed by atoms with Gasteiger partial charge in [0.05, 0.1) is 10.5 Å². The fraction of sp³-hybridized carbons (Fsp3) is 0.0952. The van der Waals surface area contributed by atoms with Crippen LogP contribution in [0.25, 0.3) is 17.4 Å². The first-order chi connectivity index (χ1) is 14.0. The molecule has 8 heteroatoms. The number of rotatable bonds is 5. The number of hydrogen-bond donors (Lipinski definition) is 0. The highest BCUT2D eigenvalue weighted by Crippen LogP contribution is 2.34. The number of ether oxygens (including phenoxy) is 2. The zero-order valence-electron chi connectivity index (χ0n) is 15.0. The van der Waals surface area contributed by atoms with Crippen LogP contribution in [-0.4, -0.2) is 23.9 Å². The van der Waals surface area contributed by atoms with Gasteiger partial charge in [-0.2, -0.15) is 0 Å². The Kier molecular flexibility index (Phi) is 5.05. The summed E-state index contributed by atoms with van der Waals surface area (Å²) in [6.45, 7) is 0.916. The summed E-state index contributed by atoms with van der Waals surface area (Å²) in [5.74, 6) is 1.59. The Hall–Kier alpha value is -3.58. The molecule has 3 aromatic rings. The second kappa shape index (κ2) is 7.81. The molecule has 7 nitrogen and oxygen atoms in total. The molecule has 0 saturated carbocycles. The van der Waals surface area contributed by atoms with Crippen molar-refractivity contribution in [2.24, 2.45) is 0 Å². The number of nitro groups is 1. The maximum atomic E-state index is 12.4. The average Bonchev–Trinajstić information content (AvgIpc) is 3.20. The van der Waals surface area contributed by atoms with Crippen LogP contribution in [0.1, 0.15) is 16.1 Å². The summed E-state index contributed by atoms with van der Waals surface area (Å²) in [5.41, 5.74) is 0.595. The number of nitrogens with zero attached hydrogens (tertiary/aromatic N) is 1. The lowest BCUT2D eigenvalue weighted by Gasteiger charge is -2.18. The highest BCUT2D eigenvalue weighted by atomic mass is 35.5. The van der Waals surface area contributed by atoms with Crippen LogP contribution in [0.3, 0.4) is 0 Å². The summed E-state index contributed by atoms with van der Waals surface area (Å²) in [6.07, 6.45) is 2.87. The van der Waals surface area contributed by atoms with E-state index in [0.29, 0.717) is 47.4 Å². The Morgan fingerprint density at radius 2 is 1.83 bits per heavy atom. The number of carbonyl (C=O) groups is 1. The van der Waals surface area contributed by atoms with E-state index >= 15 is 0 Å². The van der Waals surface area contributed by atoms with Gasteiger partial charge in [0, 0.05) is 16.7 Å². The molecule has 146 valence electrons. The Bertz CT molecular complexity index is 1130. The van der Waals surface area contributed by atoms with Crippen LogP contribution < -0.4 is 9.47 Å². The largest absolute Gasteiger partial charge is 0.486 e. The van der Waals surface area contributed by atoms with Crippen molar-refractivity contribution in [3.8, 4) is 22.8 Å². The molecule has 0 N–H and O–H groups in total. The lowest BCUT2D eigenvalue weighted by Crippen LogP contribution is -2.15. The van der Waals surface area contributed by atoms with E-state index in [1.807, 2.05) is 0 Å². The van der Waals surface area contributed by atoms with Crippen molar-refractivity contribution in [3.63, 3.8) is 0 Å². The van der Waals surface area contributed by atoms with Gasteiger partial charge in [-0.3, -0.25) is 14.9 Å². The number of nitro benzene ring substituents is 1. The molecule has 0 fully saturated rings. The zero-order chi connectivity index (χ0) is 20.4. The Balaban J connectivity index is 1.54. The lowest BCUT2D eigenvalue weighted by atomic mass is 10.1. The molecule has 29 heavy (non-hydrogen) atoms. The average molecular weight is 412 g/mol. The first-order valence-electron chi connectivity index (χ1n) is 8.67. The second-order valence-corrected chi connectivity index (χ2v) is 6.61. The summed E-state index contributed by atoms with van der Waals surface area (Å²) in [6, 6.07) is 12.5. The van der Waals surface area contributed by atoms with Gasteiger partial charge in [-0.15, -0.1) is 0 Å². The standard InChI is InChI=1S/C21H14ClNO6/c22-14-2-5-16(17(12-14)23(25)26)19-8-4-15(29-19)3-6-18(24)13-1-7-20-21(11-13)28-10-9-27-20/h1-8,11-12H,9-10H2/b6-3+. The molecule has 0 radical (unpaired) electrons.